The molecule has 0 aromatic carbocycles. The first-order valence-electron chi connectivity index (χ1n) is 6.49. The van der Waals surface area contributed by atoms with E-state index >= 15 is 0 Å². The van der Waals surface area contributed by atoms with E-state index in [1.54, 1.807) is 0 Å². The second kappa shape index (κ2) is 6.27. The predicted octanol–water partition coefficient (Wildman–Crippen LogP) is 4.47. The van der Waals surface area contributed by atoms with Crippen molar-refractivity contribution >= 4 is 11.6 Å². The topological polar surface area (TPSA) is 25.2 Å². The third-order valence-electron chi connectivity index (χ3n) is 3.17. The van der Waals surface area contributed by atoms with Crippen LogP contribution in [0.3, 0.4) is 0 Å². The minimum Gasteiger partial charge on any atom is -0.448 e. The van der Waals surface area contributed by atoms with E-state index in [-0.39, 0.29) is 6.04 Å². The lowest BCUT2D eigenvalue weighted by Gasteiger charge is -2.22. The Morgan fingerprint density at radius 1 is 1.41 bits per heavy atom. The second-order valence-corrected chi connectivity index (χ2v) is 4.93. The quantitative estimate of drug-likeness (QED) is 0.783. The molecule has 0 bridgehead atoms. The first-order chi connectivity index (χ1) is 8.31. The molecule has 1 aromatic rings. The van der Waals surface area contributed by atoms with Crippen LogP contribution in [0.5, 0.6) is 0 Å². The Bertz CT molecular complexity index is 383. The Morgan fingerprint density at radius 3 is 2.88 bits per heavy atom. The minimum atomic E-state index is 0.211. The highest BCUT2D eigenvalue weighted by Gasteiger charge is 2.20. The Morgan fingerprint density at radius 2 is 2.29 bits per heavy atom. The zero-order valence-corrected chi connectivity index (χ0v) is 11.1. The SMILES string of the molecule is CCCNC(C1=CCCCC1)c1ccc(Cl)o1. The van der Waals surface area contributed by atoms with Crippen LogP contribution in [0.4, 0.5) is 0 Å². The summed E-state index contributed by atoms with van der Waals surface area (Å²) in [5.41, 5.74) is 1.45. The Balaban J connectivity index is 2.15. The Kier molecular flexibility index (Phi) is 4.69. The molecule has 0 saturated heterocycles. The number of nitrogens with one attached hydrogen (secondary N) is 1. The van der Waals surface area contributed by atoms with Crippen LogP contribution >= 0.6 is 11.6 Å². The molecule has 17 heavy (non-hydrogen) atoms. The van der Waals surface area contributed by atoms with E-state index in [1.807, 2.05) is 12.1 Å². The molecule has 1 N–H and O–H groups in total. The molecule has 0 saturated carbocycles. The van der Waals surface area contributed by atoms with Crippen molar-refractivity contribution in [3.8, 4) is 0 Å². The first-order valence-corrected chi connectivity index (χ1v) is 6.86. The van der Waals surface area contributed by atoms with E-state index in [9.17, 15) is 0 Å². The summed E-state index contributed by atoms with van der Waals surface area (Å²) < 4.78 is 5.56. The molecule has 1 aromatic heterocycles. The molecule has 1 heterocycles. The van der Waals surface area contributed by atoms with Crippen molar-refractivity contribution < 1.29 is 4.42 Å². The van der Waals surface area contributed by atoms with Gasteiger partial charge in [0.2, 0.25) is 0 Å². The lowest BCUT2D eigenvalue weighted by atomic mass is 9.92. The van der Waals surface area contributed by atoms with E-state index in [0.29, 0.717) is 5.22 Å². The summed E-state index contributed by atoms with van der Waals surface area (Å²) in [5, 5.41) is 4.02. The van der Waals surface area contributed by atoms with Crippen LogP contribution in [-0.4, -0.2) is 6.54 Å². The van der Waals surface area contributed by atoms with Crippen molar-refractivity contribution in [2.45, 2.75) is 45.1 Å². The lowest BCUT2D eigenvalue weighted by molar-refractivity contribution is 0.431. The highest BCUT2D eigenvalue weighted by atomic mass is 35.5. The van der Waals surface area contributed by atoms with Gasteiger partial charge in [0.1, 0.15) is 5.76 Å². The van der Waals surface area contributed by atoms with Gasteiger partial charge in [-0.1, -0.05) is 13.0 Å². The summed E-state index contributed by atoms with van der Waals surface area (Å²) in [6, 6.07) is 4.01. The number of rotatable bonds is 5. The summed E-state index contributed by atoms with van der Waals surface area (Å²) >= 11 is 5.86. The molecule has 3 heteroatoms. The monoisotopic (exact) mass is 253 g/mol. The van der Waals surface area contributed by atoms with Gasteiger partial charge < -0.3 is 9.73 Å². The fourth-order valence-corrected chi connectivity index (χ4v) is 2.46. The first kappa shape index (κ1) is 12.7. The highest BCUT2D eigenvalue weighted by molar-refractivity contribution is 6.28. The molecular weight excluding hydrogens is 234 g/mol. The molecule has 0 aliphatic heterocycles. The van der Waals surface area contributed by atoms with Crippen molar-refractivity contribution in [1.82, 2.24) is 5.32 Å². The van der Waals surface area contributed by atoms with Gasteiger partial charge in [0.05, 0.1) is 6.04 Å². The smallest absolute Gasteiger partial charge is 0.193 e. The van der Waals surface area contributed by atoms with E-state index in [1.165, 1.54) is 31.3 Å². The summed E-state index contributed by atoms with van der Waals surface area (Å²) in [5.74, 6) is 0.941. The molecular formula is C14H20ClNO. The van der Waals surface area contributed by atoms with Crippen molar-refractivity contribution in [2.75, 3.05) is 6.54 Å². The van der Waals surface area contributed by atoms with Gasteiger partial charge in [-0.25, -0.2) is 0 Å². The predicted molar refractivity (Wildman–Crippen MR) is 71.3 cm³/mol. The van der Waals surface area contributed by atoms with E-state index in [0.717, 1.165) is 18.7 Å². The Labute approximate surface area is 108 Å². The zero-order valence-electron chi connectivity index (χ0n) is 10.3. The molecule has 0 spiro atoms. The normalized spacial score (nSPS) is 17.9. The van der Waals surface area contributed by atoms with E-state index < -0.39 is 0 Å². The lowest BCUT2D eigenvalue weighted by Crippen LogP contribution is -2.24. The second-order valence-electron chi connectivity index (χ2n) is 4.55. The van der Waals surface area contributed by atoms with Crippen molar-refractivity contribution in [3.63, 3.8) is 0 Å². The fourth-order valence-electron chi connectivity index (χ4n) is 2.31. The average molecular weight is 254 g/mol. The van der Waals surface area contributed by atoms with Gasteiger partial charge >= 0.3 is 0 Å². The molecule has 94 valence electrons. The maximum atomic E-state index is 5.86. The molecule has 1 aliphatic rings. The van der Waals surface area contributed by atoms with Gasteiger partial charge in [-0.15, -0.1) is 0 Å². The summed E-state index contributed by atoms with van der Waals surface area (Å²) in [4.78, 5) is 0. The van der Waals surface area contributed by atoms with Gasteiger partial charge in [0, 0.05) is 0 Å². The summed E-state index contributed by atoms with van der Waals surface area (Å²) in [6.45, 7) is 3.18. The number of hydrogen-bond acceptors (Lipinski definition) is 2. The zero-order chi connectivity index (χ0) is 12.1. The molecule has 1 atom stereocenters. The summed E-state index contributed by atoms with van der Waals surface area (Å²) in [7, 11) is 0. The largest absolute Gasteiger partial charge is 0.448 e. The third kappa shape index (κ3) is 3.36. The standard InChI is InChI=1S/C14H20ClNO/c1-2-10-16-14(11-6-4-3-5-7-11)12-8-9-13(15)17-12/h6,8-9,14,16H,2-5,7,10H2,1H3. The molecule has 2 rings (SSSR count). The van der Waals surface area contributed by atoms with E-state index in [4.69, 9.17) is 16.0 Å². The maximum Gasteiger partial charge on any atom is 0.193 e. The number of hydrogen-bond donors (Lipinski definition) is 1. The van der Waals surface area contributed by atoms with Gasteiger partial charge in [-0.05, 0) is 68.0 Å². The third-order valence-corrected chi connectivity index (χ3v) is 3.38. The van der Waals surface area contributed by atoms with Crippen LogP contribution in [0.15, 0.2) is 28.2 Å². The molecule has 1 aliphatic carbocycles. The number of allylic oxidation sites excluding steroid dienone is 1. The van der Waals surface area contributed by atoms with Crippen LogP contribution in [0.25, 0.3) is 0 Å². The van der Waals surface area contributed by atoms with Crippen molar-refractivity contribution in [3.05, 3.63) is 34.8 Å². The Hall–Kier alpha value is -0.730. The van der Waals surface area contributed by atoms with Crippen molar-refractivity contribution in [2.24, 2.45) is 0 Å². The minimum absolute atomic E-state index is 0.211. The summed E-state index contributed by atoms with van der Waals surface area (Å²) in [6.07, 6.45) is 8.42. The van der Waals surface area contributed by atoms with Crippen LogP contribution in [0.1, 0.15) is 50.8 Å². The van der Waals surface area contributed by atoms with Gasteiger partial charge in [-0.2, -0.15) is 0 Å². The van der Waals surface area contributed by atoms with Crippen LogP contribution in [0.2, 0.25) is 5.22 Å². The van der Waals surface area contributed by atoms with Crippen LogP contribution in [-0.2, 0) is 0 Å². The highest BCUT2D eigenvalue weighted by Crippen LogP contribution is 2.31. The van der Waals surface area contributed by atoms with Gasteiger partial charge in [0.15, 0.2) is 5.22 Å². The molecule has 0 fully saturated rings. The van der Waals surface area contributed by atoms with Crippen molar-refractivity contribution in [1.29, 1.82) is 0 Å². The average Bonchev–Trinajstić information content (AvgIpc) is 2.78. The fraction of sp³-hybridized carbons (Fsp3) is 0.571. The molecule has 2 nitrogen and oxygen atoms in total. The van der Waals surface area contributed by atoms with E-state index in [2.05, 4.69) is 18.3 Å². The number of halogens is 1. The van der Waals surface area contributed by atoms with Gasteiger partial charge in [-0.3, -0.25) is 0 Å². The molecule has 1 unspecified atom stereocenters. The van der Waals surface area contributed by atoms with Gasteiger partial charge in [0.25, 0.3) is 0 Å². The van der Waals surface area contributed by atoms with Crippen LogP contribution in [0, 0.1) is 0 Å². The number of furan rings is 1. The molecule has 0 amide bonds. The van der Waals surface area contributed by atoms with Crippen LogP contribution < -0.4 is 5.32 Å². The molecule has 0 radical (unpaired) electrons. The maximum absolute atomic E-state index is 5.86.